The average molecular weight is 226 g/mol. The van der Waals surface area contributed by atoms with Crippen LogP contribution in [0.15, 0.2) is 17.5 Å². The SMILES string of the molecule is CCCCCCCC(=O)Oc1cccs1. The Kier molecular flexibility index (Phi) is 6.09. The van der Waals surface area contributed by atoms with Crippen LogP contribution in [0.2, 0.25) is 0 Å². The fourth-order valence-electron chi connectivity index (χ4n) is 1.36. The van der Waals surface area contributed by atoms with Gasteiger partial charge in [0.05, 0.1) is 0 Å². The second kappa shape index (κ2) is 7.46. The molecule has 1 rings (SSSR count). The van der Waals surface area contributed by atoms with Gasteiger partial charge in [-0.3, -0.25) is 4.79 Å². The van der Waals surface area contributed by atoms with Crippen LogP contribution in [0.4, 0.5) is 0 Å². The van der Waals surface area contributed by atoms with E-state index in [1.165, 1.54) is 30.6 Å². The fraction of sp³-hybridized carbons (Fsp3) is 0.583. The highest BCUT2D eigenvalue weighted by Crippen LogP contribution is 2.19. The van der Waals surface area contributed by atoms with E-state index in [1.807, 2.05) is 17.5 Å². The third-order valence-corrected chi connectivity index (χ3v) is 2.94. The summed E-state index contributed by atoms with van der Waals surface area (Å²) in [5.41, 5.74) is 0. The number of ether oxygens (including phenoxy) is 1. The molecule has 0 atom stereocenters. The Morgan fingerprint density at radius 1 is 1.33 bits per heavy atom. The van der Waals surface area contributed by atoms with Gasteiger partial charge in [0.25, 0.3) is 0 Å². The molecule has 0 aliphatic carbocycles. The number of esters is 1. The average Bonchev–Trinajstić information content (AvgIpc) is 2.70. The lowest BCUT2D eigenvalue weighted by Crippen LogP contribution is -2.06. The van der Waals surface area contributed by atoms with Gasteiger partial charge in [-0.1, -0.05) is 32.6 Å². The highest BCUT2D eigenvalue weighted by molar-refractivity contribution is 7.11. The number of thiophene rings is 1. The lowest BCUT2D eigenvalue weighted by molar-refractivity contribution is -0.134. The fourth-order valence-corrected chi connectivity index (χ4v) is 1.95. The van der Waals surface area contributed by atoms with Gasteiger partial charge >= 0.3 is 5.97 Å². The zero-order valence-corrected chi connectivity index (χ0v) is 10.0. The standard InChI is InChI=1S/C12H18O2S/c1-2-3-4-5-6-8-11(13)14-12-9-7-10-15-12/h7,9-10H,2-6,8H2,1H3. The molecule has 0 N–H and O–H groups in total. The number of hydrogen-bond donors (Lipinski definition) is 0. The molecule has 1 aromatic rings. The number of hydrogen-bond acceptors (Lipinski definition) is 3. The van der Waals surface area contributed by atoms with Gasteiger partial charge in [-0.2, -0.15) is 0 Å². The van der Waals surface area contributed by atoms with Gasteiger partial charge in [0, 0.05) is 6.42 Å². The van der Waals surface area contributed by atoms with E-state index in [0.717, 1.165) is 12.8 Å². The summed E-state index contributed by atoms with van der Waals surface area (Å²) >= 11 is 1.46. The monoisotopic (exact) mass is 226 g/mol. The van der Waals surface area contributed by atoms with Crippen LogP contribution in [0.3, 0.4) is 0 Å². The van der Waals surface area contributed by atoms with Gasteiger partial charge in [-0.25, -0.2) is 0 Å². The first-order valence-electron chi connectivity index (χ1n) is 5.57. The van der Waals surface area contributed by atoms with E-state index in [-0.39, 0.29) is 5.97 Å². The molecule has 1 heterocycles. The second-order valence-electron chi connectivity index (χ2n) is 3.57. The van der Waals surface area contributed by atoms with Gasteiger partial charge < -0.3 is 4.74 Å². The Balaban J connectivity index is 2.04. The maximum atomic E-state index is 11.3. The summed E-state index contributed by atoms with van der Waals surface area (Å²) in [4.78, 5) is 11.3. The van der Waals surface area contributed by atoms with Crippen molar-refractivity contribution in [3.8, 4) is 5.06 Å². The first-order chi connectivity index (χ1) is 7.33. The molecule has 0 saturated heterocycles. The highest BCUT2D eigenvalue weighted by Gasteiger charge is 2.04. The molecule has 0 unspecified atom stereocenters. The van der Waals surface area contributed by atoms with E-state index in [0.29, 0.717) is 11.5 Å². The Labute approximate surface area is 95.3 Å². The van der Waals surface area contributed by atoms with Gasteiger partial charge in [0.1, 0.15) is 0 Å². The van der Waals surface area contributed by atoms with E-state index in [9.17, 15) is 4.79 Å². The molecule has 1 aromatic heterocycles. The topological polar surface area (TPSA) is 26.3 Å². The van der Waals surface area contributed by atoms with Crippen LogP contribution in [-0.2, 0) is 4.79 Å². The largest absolute Gasteiger partial charge is 0.415 e. The molecule has 0 bridgehead atoms. The molecule has 0 aromatic carbocycles. The van der Waals surface area contributed by atoms with Gasteiger partial charge in [0.2, 0.25) is 0 Å². The van der Waals surface area contributed by atoms with Crippen molar-refractivity contribution in [1.82, 2.24) is 0 Å². The summed E-state index contributed by atoms with van der Waals surface area (Å²) in [6.45, 7) is 2.19. The molecule has 2 nitrogen and oxygen atoms in total. The zero-order valence-electron chi connectivity index (χ0n) is 9.20. The minimum absolute atomic E-state index is 0.103. The maximum Gasteiger partial charge on any atom is 0.311 e. The molecule has 0 saturated carbocycles. The second-order valence-corrected chi connectivity index (χ2v) is 4.48. The Bertz CT molecular complexity index is 267. The van der Waals surface area contributed by atoms with Crippen molar-refractivity contribution >= 4 is 17.3 Å². The summed E-state index contributed by atoms with van der Waals surface area (Å²) < 4.78 is 5.14. The van der Waals surface area contributed by atoms with Crippen molar-refractivity contribution in [2.75, 3.05) is 0 Å². The predicted octanol–water partition coefficient (Wildman–Crippen LogP) is 4.01. The van der Waals surface area contributed by atoms with E-state index in [1.54, 1.807) is 0 Å². The molecular weight excluding hydrogens is 208 g/mol. The summed E-state index contributed by atoms with van der Waals surface area (Å²) in [5, 5.41) is 2.61. The lowest BCUT2D eigenvalue weighted by atomic mass is 10.1. The summed E-state index contributed by atoms with van der Waals surface area (Å²) in [5.74, 6) is -0.103. The van der Waals surface area contributed by atoms with E-state index < -0.39 is 0 Å². The van der Waals surface area contributed by atoms with Crippen molar-refractivity contribution in [1.29, 1.82) is 0 Å². The number of unbranched alkanes of at least 4 members (excludes halogenated alkanes) is 4. The number of carbonyl (C=O) groups is 1. The molecule has 0 fully saturated rings. The molecule has 15 heavy (non-hydrogen) atoms. The summed E-state index contributed by atoms with van der Waals surface area (Å²) in [6.07, 6.45) is 6.35. The third kappa shape index (κ3) is 5.57. The lowest BCUT2D eigenvalue weighted by Gasteiger charge is -2.01. The quantitative estimate of drug-likeness (QED) is 0.518. The van der Waals surface area contributed by atoms with Crippen molar-refractivity contribution in [2.24, 2.45) is 0 Å². The van der Waals surface area contributed by atoms with Crippen molar-refractivity contribution in [3.05, 3.63) is 17.5 Å². The predicted molar refractivity (Wildman–Crippen MR) is 63.3 cm³/mol. The first-order valence-corrected chi connectivity index (χ1v) is 6.45. The van der Waals surface area contributed by atoms with E-state index in [4.69, 9.17) is 4.74 Å². The number of carbonyl (C=O) groups excluding carboxylic acids is 1. The van der Waals surface area contributed by atoms with Crippen molar-refractivity contribution in [3.63, 3.8) is 0 Å². The van der Waals surface area contributed by atoms with Crippen LogP contribution in [0.1, 0.15) is 45.4 Å². The zero-order chi connectivity index (χ0) is 10.9. The molecule has 3 heteroatoms. The summed E-state index contributed by atoms with van der Waals surface area (Å²) in [7, 11) is 0. The summed E-state index contributed by atoms with van der Waals surface area (Å²) in [6, 6.07) is 3.70. The first kappa shape index (κ1) is 12.2. The third-order valence-electron chi connectivity index (χ3n) is 2.19. The van der Waals surface area contributed by atoms with Crippen LogP contribution in [0.5, 0.6) is 5.06 Å². The van der Waals surface area contributed by atoms with Crippen LogP contribution in [-0.4, -0.2) is 5.97 Å². The molecule has 84 valence electrons. The number of rotatable bonds is 7. The van der Waals surface area contributed by atoms with Gasteiger partial charge in [-0.05, 0) is 23.9 Å². The van der Waals surface area contributed by atoms with E-state index in [2.05, 4.69) is 6.92 Å². The Morgan fingerprint density at radius 3 is 2.80 bits per heavy atom. The van der Waals surface area contributed by atoms with Crippen LogP contribution in [0.25, 0.3) is 0 Å². The maximum absolute atomic E-state index is 11.3. The Morgan fingerprint density at radius 2 is 2.13 bits per heavy atom. The molecule has 0 aliphatic heterocycles. The normalized spacial score (nSPS) is 10.2. The van der Waals surface area contributed by atoms with Crippen LogP contribution in [0, 0.1) is 0 Å². The van der Waals surface area contributed by atoms with Gasteiger partial charge in [-0.15, -0.1) is 11.3 Å². The minimum Gasteiger partial charge on any atom is -0.415 e. The minimum atomic E-state index is -0.103. The molecule has 0 spiro atoms. The smallest absolute Gasteiger partial charge is 0.311 e. The molecule has 0 aliphatic rings. The highest BCUT2D eigenvalue weighted by atomic mass is 32.1. The van der Waals surface area contributed by atoms with E-state index >= 15 is 0 Å². The van der Waals surface area contributed by atoms with Gasteiger partial charge in [0.15, 0.2) is 5.06 Å². The van der Waals surface area contributed by atoms with Crippen LogP contribution < -0.4 is 4.74 Å². The molecule has 0 amide bonds. The van der Waals surface area contributed by atoms with Crippen molar-refractivity contribution < 1.29 is 9.53 Å². The molecular formula is C12H18O2S. The van der Waals surface area contributed by atoms with Crippen LogP contribution >= 0.6 is 11.3 Å². The van der Waals surface area contributed by atoms with Crippen molar-refractivity contribution in [2.45, 2.75) is 45.4 Å². The molecule has 0 radical (unpaired) electrons. The Hall–Kier alpha value is -0.830.